The maximum absolute atomic E-state index is 13.7. The lowest BCUT2D eigenvalue weighted by Gasteiger charge is -2.34. The number of likely N-dealkylation sites (tertiary alicyclic amines) is 1. The van der Waals surface area contributed by atoms with Gasteiger partial charge >= 0.3 is 6.18 Å². The van der Waals surface area contributed by atoms with Crippen LogP contribution in [0.2, 0.25) is 0 Å². The number of carbonyl (C=O) groups is 1. The SMILES string of the molecule is CC1CN(c2cncnc2)Cc2cc(C(=O)Nc3cc(CN4CC[C@H](N(C)C)C4)cc(C(F)(F)F)c3)ccc21. The number of likely N-dealkylation sites (N-methyl/N-ethyl adjacent to an activating group) is 1. The number of rotatable bonds is 6. The van der Waals surface area contributed by atoms with Crippen LogP contribution >= 0.6 is 0 Å². The molecule has 0 saturated carbocycles. The van der Waals surface area contributed by atoms with E-state index in [-0.39, 0.29) is 11.6 Å². The van der Waals surface area contributed by atoms with Gasteiger partial charge in [0, 0.05) is 50.0 Å². The Morgan fingerprint density at radius 1 is 1.10 bits per heavy atom. The molecule has 3 heterocycles. The quantitative estimate of drug-likeness (QED) is 0.476. The van der Waals surface area contributed by atoms with Crippen molar-refractivity contribution in [2.75, 3.05) is 43.9 Å². The van der Waals surface area contributed by atoms with E-state index < -0.39 is 17.6 Å². The first-order chi connectivity index (χ1) is 18.6. The molecule has 2 aromatic carbocycles. The van der Waals surface area contributed by atoms with Gasteiger partial charge in [-0.2, -0.15) is 13.2 Å². The molecular weight excluding hydrogens is 505 g/mol. The van der Waals surface area contributed by atoms with Crippen molar-refractivity contribution in [3.8, 4) is 0 Å². The second kappa shape index (κ2) is 10.9. The number of hydrogen-bond donors (Lipinski definition) is 1. The first-order valence-electron chi connectivity index (χ1n) is 13.1. The predicted octanol–water partition coefficient (Wildman–Crippen LogP) is 5.01. The summed E-state index contributed by atoms with van der Waals surface area (Å²) >= 11 is 0. The van der Waals surface area contributed by atoms with E-state index in [1.54, 1.807) is 24.5 Å². The third kappa shape index (κ3) is 6.23. The van der Waals surface area contributed by atoms with E-state index in [0.717, 1.165) is 48.9 Å². The van der Waals surface area contributed by atoms with Crippen molar-refractivity contribution in [3.05, 3.63) is 82.9 Å². The summed E-state index contributed by atoms with van der Waals surface area (Å²) in [6.45, 7) is 5.52. The van der Waals surface area contributed by atoms with Crippen molar-refractivity contribution < 1.29 is 18.0 Å². The molecule has 2 atom stereocenters. The molecule has 0 aliphatic carbocycles. The molecule has 1 unspecified atom stereocenters. The number of amides is 1. The van der Waals surface area contributed by atoms with Gasteiger partial charge in [-0.3, -0.25) is 9.69 Å². The number of alkyl halides is 3. The summed E-state index contributed by atoms with van der Waals surface area (Å²) in [7, 11) is 4.03. The smallest absolute Gasteiger partial charge is 0.364 e. The number of hydrogen-bond acceptors (Lipinski definition) is 6. The lowest BCUT2D eigenvalue weighted by molar-refractivity contribution is -0.137. The van der Waals surface area contributed by atoms with Crippen LogP contribution in [-0.4, -0.2) is 65.4 Å². The van der Waals surface area contributed by atoms with Crippen molar-refractivity contribution >= 4 is 17.3 Å². The molecule has 0 spiro atoms. The molecule has 1 aromatic heterocycles. The van der Waals surface area contributed by atoms with Gasteiger partial charge in [-0.1, -0.05) is 13.0 Å². The molecule has 5 rings (SSSR count). The van der Waals surface area contributed by atoms with E-state index in [2.05, 4.69) is 36.9 Å². The highest BCUT2D eigenvalue weighted by Crippen LogP contribution is 2.34. The third-order valence-electron chi connectivity index (χ3n) is 7.67. The summed E-state index contributed by atoms with van der Waals surface area (Å²) in [5.74, 6) is -0.209. The molecule has 39 heavy (non-hydrogen) atoms. The summed E-state index contributed by atoms with van der Waals surface area (Å²) in [6.07, 6.45) is 1.46. The molecule has 1 N–H and O–H groups in total. The third-order valence-corrected chi connectivity index (χ3v) is 7.67. The van der Waals surface area contributed by atoms with E-state index in [1.165, 1.54) is 12.4 Å². The predicted molar refractivity (Wildman–Crippen MR) is 145 cm³/mol. The molecule has 2 aliphatic rings. The van der Waals surface area contributed by atoms with E-state index >= 15 is 0 Å². The van der Waals surface area contributed by atoms with E-state index in [4.69, 9.17) is 0 Å². The van der Waals surface area contributed by atoms with Crippen LogP contribution < -0.4 is 10.2 Å². The molecule has 206 valence electrons. The van der Waals surface area contributed by atoms with Crippen molar-refractivity contribution in [3.63, 3.8) is 0 Å². The van der Waals surface area contributed by atoms with Crippen LogP contribution in [0.4, 0.5) is 24.5 Å². The van der Waals surface area contributed by atoms with Crippen LogP contribution in [0.25, 0.3) is 0 Å². The summed E-state index contributed by atoms with van der Waals surface area (Å²) in [4.78, 5) is 27.9. The summed E-state index contributed by atoms with van der Waals surface area (Å²) in [6, 6.07) is 9.73. The lowest BCUT2D eigenvalue weighted by Crippen LogP contribution is -2.33. The first-order valence-corrected chi connectivity index (χ1v) is 13.1. The Hall–Kier alpha value is -3.50. The van der Waals surface area contributed by atoms with Gasteiger partial charge in [-0.25, -0.2) is 9.97 Å². The molecule has 1 fully saturated rings. The minimum atomic E-state index is -4.51. The Balaban J connectivity index is 1.35. The van der Waals surface area contributed by atoms with Crippen molar-refractivity contribution in [1.29, 1.82) is 0 Å². The summed E-state index contributed by atoms with van der Waals surface area (Å²) < 4.78 is 41.2. The summed E-state index contributed by atoms with van der Waals surface area (Å²) in [5.41, 5.74) is 3.36. The van der Waals surface area contributed by atoms with Gasteiger partial charge in [0.15, 0.2) is 0 Å². The Morgan fingerprint density at radius 2 is 1.87 bits per heavy atom. The Kier molecular flexibility index (Phi) is 7.59. The van der Waals surface area contributed by atoms with Gasteiger partial charge in [0.1, 0.15) is 6.33 Å². The van der Waals surface area contributed by atoms with Crippen molar-refractivity contribution in [1.82, 2.24) is 19.8 Å². The standard InChI is InChI=1S/C29H33F3N6O/c1-19-14-38(26-12-33-18-34-13-26)16-22-10-21(4-5-27(19)22)28(39)35-24-9-20(8-23(11-24)29(30,31)32)15-37-7-6-25(17-37)36(2)3/h4-5,8-13,18-19,25H,6-7,14-17H2,1-3H3,(H,35,39)/t19?,25-/m0/s1. The van der Waals surface area contributed by atoms with Crippen LogP contribution in [0.3, 0.4) is 0 Å². The van der Waals surface area contributed by atoms with Gasteiger partial charge in [-0.05, 0) is 73.5 Å². The van der Waals surface area contributed by atoms with Crippen LogP contribution in [0.5, 0.6) is 0 Å². The maximum atomic E-state index is 13.7. The fraction of sp³-hybridized carbons (Fsp3) is 0.414. The minimum absolute atomic E-state index is 0.141. The van der Waals surface area contributed by atoms with Crippen LogP contribution in [-0.2, 0) is 19.3 Å². The molecular formula is C29H33F3N6O. The first kappa shape index (κ1) is 27.1. The Bertz CT molecular complexity index is 1330. The Labute approximate surface area is 226 Å². The van der Waals surface area contributed by atoms with E-state index in [9.17, 15) is 18.0 Å². The molecule has 1 amide bonds. The topological polar surface area (TPSA) is 64.6 Å². The highest BCUT2D eigenvalue weighted by atomic mass is 19.4. The molecule has 3 aromatic rings. The van der Waals surface area contributed by atoms with Gasteiger partial charge in [-0.15, -0.1) is 0 Å². The number of anilines is 2. The monoisotopic (exact) mass is 538 g/mol. The molecule has 1 saturated heterocycles. The number of benzene rings is 2. The fourth-order valence-corrected chi connectivity index (χ4v) is 5.57. The Morgan fingerprint density at radius 3 is 2.56 bits per heavy atom. The van der Waals surface area contributed by atoms with Crippen LogP contribution in [0.1, 0.15) is 51.9 Å². The van der Waals surface area contributed by atoms with Gasteiger partial charge in [0.2, 0.25) is 0 Å². The molecule has 10 heteroatoms. The van der Waals surface area contributed by atoms with Crippen molar-refractivity contribution in [2.24, 2.45) is 0 Å². The zero-order chi connectivity index (χ0) is 27.7. The average Bonchev–Trinajstić information content (AvgIpc) is 3.37. The van der Waals surface area contributed by atoms with E-state index in [0.29, 0.717) is 30.3 Å². The van der Waals surface area contributed by atoms with E-state index in [1.807, 2.05) is 26.2 Å². The largest absolute Gasteiger partial charge is 0.416 e. The second-order valence-electron chi connectivity index (χ2n) is 10.8. The highest BCUT2D eigenvalue weighted by Gasteiger charge is 2.32. The van der Waals surface area contributed by atoms with Crippen LogP contribution in [0, 0.1) is 0 Å². The molecule has 7 nitrogen and oxygen atoms in total. The van der Waals surface area contributed by atoms with Crippen LogP contribution in [0.15, 0.2) is 55.1 Å². The molecule has 0 bridgehead atoms. The van der Waals surface area contributed by atoms with Gasteiger partial charge < -0.3 is 15.1 Å². The fourth-order valence-electron chi connectivity index (χ4n) is 5.57. The summed E-state index contributed by atoms with van der Waals surface area (Å²) in [5, 5.41) is 2.72. The number of carbonyl (C=O) groups excluding carboxylic acids is 1. The lowest BCUT2D eigenvalue weighted by atomic mass is 9.89. The highest BCUT2D eigenvalue weighted by molar-refractivity contribution is 6.04. The average molecular weight is 539 g/mol. The van der Waals surface area contributed by atoms with Gasteiger partial charge in [0.05, 0.1) is 23.6 Å². The molecule has 2 aliphatic heterocycles. The normalized spacial score (nSPS) is 19.8. The number of halogens is 3. The number of nitrogens with zero attached hydrogens (tertiary/aromatic N) is 5. The minimum Gasteiger partial charge on any atom is -0.364 e. The number of fused-ring (bicyclic) bond motifs is 1. The zero-order valence-corrected chi connectivity index (χ0v) is 22.4. The zero-order valence-electron chi connectivity index (χ0n) is 22.4. The molecule has 0 radical (unpaired) electrons. The number of nitrogens with one attached hydrogen (secondary N) is 1. The number of aromatic nitrogens is 2. The van der Waals surface area contributed by atoms with Gasteiger partial charge in [0.25, 0.3) is 5.91 Å². The maximum Gasteiger partial charge on any atom is 0.416 e. The second-order valence-corrected chi connectivity index (χ2v) is 10.8. The van der Waals surface area contributed by atoms with Crippen molar-refractivity contribution in [2.45, 2.75) is 44.6 Å².